The molecule has 0 aromatic heterocycles. The highest BCUT2D eigenvalue weighted by Crippen LogP contribution is 2.43. The van der Waals surface area contributed by atoms with E-state index in [1.165, 1.54) is 0 Å². The number of benzene rings is 10. The van der Waals surface area contributed by atoms with Crippen molar-refractivity contribution in [3.63, 3.8) is 0 Å². The van der Waals surface area contributed by atoms with Crippen LogP contribution in [0.25, 0.3) is 44.5 Å². The normalized spacial score (nSPS) is 11.1. The summed E-state index contributed by atoms with van der Waals surface area (Å²) in [6.07, 6.45) is 0. The van der Waals surface area contributed by atoms with Gasteiger partial charge in [0.1, 0.15) is 0 Å². The van der Waals surface area contributed by atoms with Gasteiger partial charge in [-0.25, -0.2) is 8.42 Å². The van der Waals surface area contributed by atoms with Crippen LogP contribution in [0.1, 0.15) is 44.5 Å². The molecule has 67 heavy (non-hydrogen) atoms. The second kappa shape index (κ2) is 19.4. The first-order chi connectivity index (χ1) is 33.0. The van der Waals surface area contributed by atoms with Crippen LogP contribution in [0.4, 0.5) is 0 Å². The SMILES string of the molecule is O=S(=O)(c1ccccc1)c1ccc(-c2cc(C(=C(c3ccccc3)c3ccccc3)c3ccccc3)ccc2-c2ccc(C(=C(c3ccccc3)c3ccccc3)c3ccccc3)cc2)cc1. The summed E-state index contributed by atoms with van der Waals surface area (Å²) in [5, 5.41) is 0. The minimum absolute atomic E-state index is 0.248. The van der Waals surface area contributed by atoms with Crippen molar-refractivity contribution in [1.82, 2.24) is 0 Å². The summed E-state index contributed by atoms with van der Waals surface area (Å²) in [5.74, 6) is 0. The molecular weight excluding hydrogens is 833 g/mol. The first kappa shape index (κ1) is 42.6. The van der Waals surface area contributed by atoms with Crippen molar-refractivity contribution < 1.29 is 8.42 Å². The second-order valence-electron chi connectivity index (χ2n) is 16.4. The lowest BCUT2D eigenvalue weighted by Crippen LogP contribution is -2.01. The summed E-state index contributed by atoms with van der Waals surface area (Å²) >= 11 is 0. The average molecular weight is 879 g/mol. The molecule has 0 amide bonds. The van der Waals surface area contributed by atoms with Crippen molar-refractivity contribution in [3.8, 4) is 22.3 Å². The van der Waals surface area contributed by atoms with Gasteiger partial charge in [0.25, 0.3) is 0 Å². The van der Waals surface area contributed by atoms with E-state index in [9.17, 15) is 8.42 Å². The van der Waals surface area contributed by atoms with Crippen molar-refractivity contribution in [1.29, 1.82) is 0 Å². The number of sulfone groups is 1. The van der Waals surface area contributed by atoms with Gasteiger partial charge in [-0.2, -0.15) is 0 Å². The summed E-state index contributed by atoms with van der Waals surface area (Å²) in [5.41, 5.74) is 17.3. The van der Waals surface area contributed by atoms with Gasteiger partial charge in [0.15, 0.2) is 0 Å². The summed E-state index contributed by atoms with van der Waals surface area (Å²) in [7, 11) is -3.73. The van der Waals surface area contributed by atoms with Crippen LogP contribution in [0.15, 0.2) is 289 Å². The lowest BCUT2D eigenvalue weighted by atomic mass is 9.83. The van der Waals surface area contributed by atoms with E-state index in [1.807, 2.05) is 18.2 Å². The maximum absolute atomic E-state index is 13.8. The lowest BCUT2D eigenvalue weighted by molar-refractivity contribution is 0.596. The monoisotopic (exact) mass is 878 g/mol. The zero-order chi connectivity index (χ0) is 45.4. The van der Waals surface area contributed by atoms with Gasteiger partial charge in [-0.3, -0.25) is 0 Å². The van der Waals surface area contributed by atoms with Crippen molar-refractivity contribution >= 4 is 32.1 Å². The van der Waals surface area contributed by atoms with E-state index in [4.69, 9.17) is 0 Å². The predicted octanol–water partition coefficient (Wildman–Crippen LogP) is 15.9. The zero-order valence-corrected chi connectivity index (χ0v) is 37.6. The molecule has 0 unspecified atom stereocenters. The molecule has 0 fully saturated rings. The Labute approximate surface area is 394 Å². The highest BCUT2D eigenvalue weighted by Gasteiger charge is 2.22. The maximum Gasteiger partial charge on any atom is 0.206 e. The molecular formula is C64H46O2S. The zero-order valence-electron chi connectivity index (χ0n) is 36.8. The summed E-state index contributed by atoms with van der Waals surface area (Å²) in [6, 6.07) is 95.2. The van der Waals surface area contributed by atoms with Gasteiger partial charge < -0.3 is 0 Å². The van der Waals surface area contributed by atoms with Crippen LogP contribution in [0.3, 0.4) is 0 Å². The molecule has 0 heterocycles. The Kier molecular flexibility index (Phi) is 12.3. The predicted molar refractivity (Wildman–Crippen MR) is 278 cm³/mol. The third-order valence-corrected chi connectivity index (χ3v) is 14.0. The summed E-state index contributed by atoms with van der Waals surface area (Å²) in [6.45, 7) is 0. The molecule has 2 nitrogen and oxygen atoms in total. The fraction of sp³-hybridized carbons (Fsp3) is 0. The molecule has 320 valence electrons. The Morgan fingerprint density at radius 3 is 0.836 bits per heavy atom. The van der Waals surface area contributed by atoms with Gasteiger partial charge in [-0.15, -0.1) is 0 Å². The topological polar surface area (TPSA) is 34.1 Å². The molecule has 10 aromatic carbocycles. The number of hydrogen-bond acceptors (Lipinski definition) is 2. The highest BCUT2D eigenvalue weighted by atomic mass is 32.2. The van der Waals surface area contributed by atoms with Gasteiger partial charge in [0.2, 0.25) is 9.84 Å². The summed E-state index contributed by atoms with van der Waals surface area (Å²) in [4.78, 5) is 0.516. The van der Waals surface area contributed by atoms with E-state index < -0.39 is 9.84 Å². The van der Waals surface area contributed by atoms with Gasteiger partial charge in [-0.1, -0.05) is 249 Å². The second-order valence-corrected chi connectivity index (χ2v) is 18.3. The van der Waals surface area contributed by atoms with Gasteiger partial charge in [0.05, 0.1) is 9.79 Å². The third-order valence-electron chi connectivity index (χ3n) is 12.2. The molecule has 3 heteroatoms. The standard InChI is InChI=1S/C64H46O2S/c65-67(66,57-34-20-7-21-35-57)58-43-40-48(41-44-58)60-46-56(64(54-32-18-6-19-33-54)62(51-26-12-3-13-27-51)52-28-14-4-15-29-52)42-45-59(60)47-36-38-55(39-37-47)63(53-30-16-5-17-31-53)61(49-22-8-1-9-23-49)50-24-10-2-11-25-50/h1-46H. The maximum atomic E-state index is 13.8. The Morgan fingerprint density at radius 2 is 0.478 bits per heavy atom. The minimum atomic E-state index is -3.73. The van der Waals surface area contributed by atoms with Crippen LogP contribution in [-0.4, -0.2) is 8.42 Å². The van der Waals surface area contributed by atoms with Crippen LogP contribution in [-0.2, 0) is 9.84 Å². The Balaban J connectivity index is 1.19. The molecule has 10 aromatic rings. The summed E-state index contributed by atoms with van der Waals surface area (Å²) < 4.78 is 27.6. The molecule has 10 rings (SSSR count). The van der Waals surface area contributed by atoms with E-state index in [2.05, 4.69) is 224 Å². The minimum Gasteiger partial charge on any atom is -0.219 e. The van der Waals surface area contributed by atoms with Crippen LogP contribution in [0.2, 0.25) is 0 Å². The number of hydrogen-bond donors (Lipinski definition) is 0. The smallest absolute Gasteiger partial charge is 0.206 e. The first-order valence-electron chi connectivity index (χ1n) is 22.5. The fourth-order valence-electron chi connectivity index (χ4n) is 9.01. The van der Waals surface area contributed by atoms with Crippen LogP contribution in [0, 0.1) is 0 Å². The molecule has 0 saturated heterocycles. The molecule has 0 spiro atoms. The van der Waals surface area contributed by atoms with Crippen molar-refractivity contribution in [3.05, 3.63) is 324 Å². The van der Waals surface area contributed by atoms with E-state index in [1.54, 1.807) is 36.4 Å². The quantitative estimate of drug-likeness (QED) is 0.115. The largest absolute Gasteiger partial charge is 0.219 e. The van der Waals surface area contributed by atoms with Gasteiger partial charge in [0, 0.05) is 0 Å². The Hall–Kier alpha value is -8.37. The molecule has 0 radical (unpaired) electrons. The Morgan fingerprint density at radius 1 is 0.224 bits per heavy atom. The van der Waals surface area contributed by atoms with E-state index in [0.717, 1.165) is 89.1 Å². The van der Waals surface area contributed by atoms with Crippen molar-refractivity contribution in [2.75, 3.05) is 0 Å². The number of rotatable bonds is 12. The van der Waals surface area contributed by atoms with Gasteiger partial charge >= 0.3 is 0 Å². The molecule has 0 atom stereocenters. The third kappa shape index (κ3) is 9.02. The molecule has 0 aliphatic rings. The first-order valence-corrected chi connectivity index (χ1v) is 24.0. The van der Waals surface area contributed by atoms with Crippen LogP contribution >= 0.6 is 0 Å². The van der Waals surface area contributed by atoms with Crippen molar-refractivity contribution in [2.45, 2.75) is 9.79 Å². The lowest BCUT2D eigenvalue weighted by Gasteiger charge is -2.21. The van der Waals surface area contributed by atoms with Crippen molar-refractivity contribution in [2.24, 2.45) is 0 Å². The van der Waals surface area contributed by atoms with Crippen LogP contribution < -0.4 is 0 Å². The average Bonchev–Trinajstić information content (AvgIpc) is 3.41. The van der Waals surface area contributed by atoms with E-state index in [0.29, 0.717) is 0 Å². The molecule has 0 N–H and O–H groups in total. The molecule has 0 bridgehead atoms. The Bertz CT molecular complexity index is 3340. The molecule has 0 aliphatic carbocycles. The fourth-order valence-corrected chi connectivity index (χ4v) is 10.3. The van der Waals surface area contributed by atoms with Crippen LogP contribution in [0.5, 0.6) is 0 Å². The molecule has 0 saturated carbocycles. The highest BCUT2D eigenvalue weighted by molar-refractivity contribution is 7.91. The van der Waals surface area contributed by atoms with E-state index in [-0.39, 0.29) is 9.79 Å². The van der Waals surface area contributed by atoms with Gasteiger partial charge in [-0.05, 0) is 119 Å². The van der Waals surface area contributed by atoms with E-state index >= 15 is 0 Å². The molecule has 0 aliphatic heterocycles.